The number of aryl methyl sites for hydroxylation is 2. The maximum Gasteiger partial charge on any atom is 0.264 e. The molecular weight excluding hydrogens is 408 g/mol. The molecule has 0 aliphatic heterocycles. The lowest BCUT2D eigenvalue weighted by Crippen LogP contribution is -2.41. The number of allylic oxidation sites excluding steroid dienone is 1. The van der Waals surface area contributed by atoms with E-state index in [2.05, 4.69) is 11.4 Å². The van der Waals surface area contributed by atoms with Crippen LogP contribution in [0.4, 0.5) is 5.69 Å². The maximum absolute atomic E-state index is 13.5. The summed E-state index contributed by atoms with van der Waals surface area (Å²) in [5.41, 5.74) is 3.80. The van der Waals surface area contributed by atoms with Crippen LogP contribution in [0.3, 0.4) is 0 Å². The van der Waals surface area contributed by atoms with Crippen LogP contribution in [0.5, 0.6) is 0 Å². The highest BCUT2D eigenvalue weighted by molar-refractivity contribution is 7.92. The molecule has 31 heavy (non-hydrogen) atoms. The number of anilines is 1. The number of para-hydroxylation sites is 1. The fourth-order valence-electron chi connectivity index (χ4n) is 3.87. The molecule has 1 aliphatic rings. The van der Waals surface area contributed by atoms with Gasteiger partial charge in [-0.3, -0.25) is 9.10 Å². The second-order valence-electron chi connectivity index (χ2n) is 8.02. The van der Waals surface area contributed by atoms with Crippen LogP contribution in [0, 0.1) is 6.92 Å². The summed E-state index contributed by atoms with van der Waals surface area (Å²) in [6.45, 7) is 4.17. The quantitative estimate of drug-likeness (QED) is 0.572. The summed E-state index contributed by atoms with van der Waals surface area (Å²) in [4.78, 5) is 12.9. The normalized spacial score (nSPS) is 14.1. The topological polar surface area (TPSA) is 66.5 Å². The van der Waals surface area contributed by atoms with E-state index in [1.54, 1.807) is 36.4 Å². The van der Waals surface area contributed by atoms with Crippen LogP contribution in [0.25, 0.3) is 0 Å². The summed E-state index contributed by atoms with van der Waals surface area (Å²) in [5, 5.41) is 2.91. The van der Waals surface area contributed by atoms with Gasteiger partial charge in [-0.1, -0.05) is 54.5 Å². The minimum Gasteiger partial charge on any atom is -0.354 e. The van der Waals surface area contributed by atoms with E-state index < -0.39 is 10.0 Å². The fraction of sp³-hybridized carbons (Fsp3) is 0.400. The van der Waals surface area contributed by atoms with Gasteiger partial charge in [-0.2, -0.15) is 0 Å². The number of benzene rings is 2. The molecule has 166 valence electrons. The Morgan fingerprint density at radius 2 is 1.81 bits per heavy atom. The van der Waals surface area contributed by atoms with Crippen molar-refractivity contribution < 1.29 is 13.2 Å². The number of carbonyl (C=O) groups is 1. The van der Waals surface area contributed by atoms with E-state index in [1.165, 1.54) is 22.7 Å². The van der Waals surface area contributed by atoms with Crippen LogP contribution in [-0.2, 0) is 21.2 Å². The molecule has 5 nitrogen and oxygen atoms in total. The van der Waals surface area contributed by atoms with Gasteiger partial charge in [0.05, 0.1) is 10.6 Å². The Morgan fingerprint density at radius 3 is 2.48 bits per heavy atom. The van der Waals surface area contributed by atoms with Crippen LogP contribution in [0.2, 0.25) is 0 Å². The zero-order chi connectivity index (χ0) is 22.3. The smallest absolute Gasteiger partial charge is 0.264 e. The zero-order valence-electron chi connectivity index (χ0n) is 18.4. The maximum atomic E-state index is 13.5. The molecule has 0 fully saturated rings. The van der Waals surface area contributed by atoms with E-state index in [0.29, 0.717) is 18.7 Å². The summed E-state index contributed by atoms with van der Waals surface area (Å²) in [6.07, 6.45) is 8.40. The van der Waals surface area contributed by atoms with Gasteiger partial charge < -0.3 is 5.32 Å². The second-order valence-corrected chi connectivity index (χ2v) is 9.88. The lowest BCUT2D eigenvalue weighted by molar-refractivity contribution is -0.119. The van der Waals surface area contributed by atoms with Crippen molar-refractivity contribution in [3.05, 3.63) is 71.3 Å². The predicted octanol–water partition coefficient (Wildman–Crippen LogP) is 4.76. The second kappa shape index (κ2) is 10.6. The molecule has 1 N–H and O–H groups in total. The number of nitrogens with one attached hydrogen (secondary N) is 1. The largest absolute Gasteiger partial charge is 0.354 e. The zero-order valence-corrected chi connectivity index (χ0v) is 19.2. The molecule has 2 aromatic rings. The average Bonchev–Trinajstić information content (AvgIpc) is 2.78. The molecule has 6 heteroatoms. The molecule has 0 aromatic heterocycles. The molecule has 1 aliphatic carbocycles. The molecule has 2 aromatic carbocycles. The number of carbonyl (C=O) groups excluding carboxylic acids is 1. The molecule has 0 atom stereocenters. The van der Waals surface area contributed by atoms with Crippen LogP contribution < -0.4 is 9.62 Å². The Bertz CT molecular complexity index is 1030. The molecule has 0 saturated carbocycles. The lowest BCUT2D eigenvalue weighted by atomic mass is 9.97. The van der Waals surface area contributed by atoms with Crippen molar-refractivity contribution in [3.8, 4) is 0 Å². The van der Waals surface area contributed by atoms with Gasteiger partial charge in [-0.25, -0.2) is 8.42 Å². The first kappa shape index (κ1) is 23.1. The Hall–Kier alpha value is -2.60. The van der Waals surface area contributed by atoms with Gasteiger partial charge in [0.25, 0.3) is 10.0 Å². The third kappa shape index (κ3) is 5.97. The molecule has 0 spiro atoms. The van der Waals surface area contributed by atoms with Crippen molar-refractivity contribution >= 4 is 21.6 Å². The highest BCUT2D eigenvalue weighted by Gasteiger charge is 2.28. The minimum absolute atomic E-state index is 0.184. The molecule has 0 saturated heterocycles. The number of sulfonamides is 1. The highest BCUT2D eigenvalue weighted by atomic mass is 32.2. The molecule has 1 amide bonds. The van der Waals surface area contributed by atoms with Gasteiger partial charge in [-0.05, 0) is 69.2 Å². The number of amides is 1. The van der Waals surface area contributed by atoms with Crippen molar-refractivity contribution in [1.29, 1.82) is 0 Å². The van der Waals surface area contributed by atoms with Gasteiger partial charge >= 0.3 is 0 Å². The van der Waals surface area contributed by atoms with Crippen molar-refractivity contribution in [2.45, 2.75) is 57.3 Å². The molecule has 0 bridgehead atoms. The van der Waals surface area contributed by atoms with E-state index in [0.717, 1.165) is 30.4 Å². The van der Waals surface area contributed by atoms with Gasteiger partial charge in [0.1, 0.15) is 6.54 Å². The Kier molecular flexibility index (Phi) is 7.91. The number of rotatable bonds is 9. The SMILES string of the molecule is CCc1ccccc1N(CC(=O)NCCC1=CCCCC1)S(=O)(=O)c1ccc(C)cc1. The summed E-state index contributed by atoms with van der Waals surface area (Å²) in [6, 6.07) is 14.1. The Balaban J connectivity index is 1.81. The summed E-state index contributed by atoms with van der Waals surface area (Å²) < 4.78 is 28.3. The summed E-state index contributed by atoms with van der Waals surface area (Å²) in [7, 11) is -3.88. The molecular formula is C25H32N2O3S. The van der Waals surface area contributed by atoms with Crippen molar-refractivity contribution in [1.82, 2.24) is 5.32 Å². The third-order valence-electron chi connectivity index (χ3n) is 5.69. The molecule has 0 radical (unpaired) electrons. The van der Waals surface area contributed by atoms with Crippen LogP contribution >= 0.6 is 0 Å². The van der Waals surface area contributed by atoms with E-state index in [9.17, 15) is 13.2 Å². The lowest BCUT2D eigenvalue weighted by Gasteiger charge is -2.26. The van der Waals surface area contributed by atoms with Gasteiger partial charge in [0, 0.05) is 6.54 Å². The van der Waals surface area contributed by atoms with Gasteiger partial charge in [0.2, 0.25) is 5.91 Å². The summed E-state index contributed by atoms with van der Waals surface area (Å²) in [5.74, 6) is -0.294. The first-order valence-corrected chi connectivity index (χ1v) is 12.5. The van der Waals surface area contributed by atoms with Gasteiger partial charge in [-0.15, -0.1) is 0 Å². The molecule has 0 heterocycles. The van der Waals surface area contributed by atoms with E-state index in [-0.39, 0.29) is 17.3 Å². The highest BCUT2D eigenvalue weighted by Crippen LogP contribution is 2.27. The average molecular weight is 441 g/mol. The van der Waals surface area contributed by atoms with E-state index in [4.69, 9.17) is 0 Å². The predicted molar refractivity (Wildman–Crippen MR) is 126 cm³/mol. The number of nitrogens with zero attached hydrogens (tertiary/aromatic N) is 1. The third-order valence-corrected chi connectivity index (χ3v) is 7.46. The standard InChI is InChI=1S/C25H32N2O3S/c1-3-22-11-7-8-12-24(22)27(31(29,30)23-15-13-20(2)14-16-23)19-25(28)26-18-17-21-9-5-4-6-10-21/h7-9,11-16H,3-6,10,17-19H2,1-2H3,(H,26,28). The Labute approximate surface area is 186 Å². The monoisotopic (exact) mass is 440 g/mol. The molecule has 3 rings (SSSR count). The minimum atomic E-state index is -3.88. The van der Waals surface area contributed by atoms with E-state index in [1.807, 2.05) is 26.0 Å². The number of hydrogen-bond donors (Lipinski definition) is 1. The van der Waals surface area contributed by atoms with Gasteiger partial charge in [0.15, 0.2) is 0 Å². The van der Waals surface area contributed by atoms with Crippen molar-refractivity contribution in [3.63, 3.8) is 0 Å². The molecule has 0 unspecified atom stereocenters. The first-order chi connectivity index (χ1) is 14.9. The number of hydrogen-bond acceptors (Lipinski definition) is 3. The van der Waals surface area contributed by atoms with Crippen molar-refractivity contribution in [2.24, 2.45) is 0 Å². The summed E-state index contributed by atoms with van der Waals surface area (Å²) >= 11 is 0. The Morgan fingerprint density at radius 1 is 1.06 bits per heavy atom. The fourth-order valence-corrected chi connectivity index (χ4v) is 5.33. The van der Waals surface area contributed by atoms with E-state index >= 15 is 0 Å². The van der Waals surface area contributed by atoms with Crippen molar-refractivity contribution in [2.75, 3.05) is 17.4 Å². The van der Waals surface area contributed by atoms with Crippen LogP contribution in [0.15, 0.2) is 65.1 Å². The van der Waals surface area contributed by atoms with Crippen LogP contribution in [0.1, 0.15) is 50.2 Å². The van der Waals surface area contributed by atoms with Crippen LogP contribution in [-0.4, -0.2) is 27.4 Å². The first-order valence-electron chi connectivity index (χ1n) is 11.0.